The summed E-state index contributed by atoms with van der Waals surface area (Å²) in [6, 6.07) is 9.30. The van der Waals surface area contributed by atoms with E-state index in [2.05, 4.69) is 14.8 Å². The average molecular weight is 372 g/mol. The lowest BCUT2D eigenvalue weighted by molar-refractivity contribution is 0.249. The predicted octanol–water partition coefficient (Wildman–Crippen LogP) is 3.33. The van der Waals surface area contributed by atoms with Gasteiger partial charge in [-0.2, -0.15) is 0 Å². The smallest absolute Gasteiger partial charge is 0.213 e. The number of hydrogen-bond donors (Lipinski definition) is 0. The Morgan fingerprint density at radius 3 is 2.85 bits per heavy atom. The van der Waals surface area contributed by atoms with Crippen LogP contribution < -0.4 is 9.64 Å². The number of fused-ring (bicyclic) bond motifs is 1. The summed E-state index contributed by atoms with van der Waals surface area (Å²) in [6.07, 6.45) is 4.68. The average Bonchev–Trinajstić information content (AvgIpc) is 3.03. The van der Waals surface area contributed by atoms with Crippen molar-refractivity contribution in [3.63, 3.8) is 0 Å². The summed E-state index contributed by atoms with van der Waals surface area (Å²) in [5.74, 6) is 0.438. The third kappa shape index (κ3) is 3.23. The van der Waals surface area contributed by atoms with Crippen LogP contribution in [0.15, 0.2) is 41.5 Å². The van der Waals surface area contributed by atoms with E-state index in [1.807, 2.05) is 24.5 Å². The highest BCUT2D eigenvalue weighted by molar-refractivity contribution is 8.13. The summed E-state index contributed by atoms with van der Waals surface area (Å²) in [5.41, 5.74) is 3.12. The van der Waals surface area contributed by atoms with Gasteiger partial charge in [0, 0.05) is 31.4 Å². The van der Waals surface area contributed by atoms with Crippen LogP contribution in [-0.4, -0.2) is 54.1 Å². The maximum Gasteiger partial charge on any atom is 0.213 e. The van der Waals surface area contributed by atoms with Crippen molar-refractivity contribution in [1.82, 2.24) is 9.88 Å². The highest BCUT2D eigenvalue weighted by Crippen LogP contribution is 2.33. The zero-order valence-corrected chi connectivity index (χ0v) is 15.7. The lowest BCUT2D eigenvalue weighted by Crippen LogP contribution is -2.60. The number of hydrogen-bond acceptors (Lipinski definition) is 5. The molecule has 0 spiro atoms. The first-order valence-electron chi connectivity index (χ1n) is 8.60. The molecule has 2 aliphatic rings. The number of amidine groups is 1. The Morgan fingerprint density at radius 2 is 2.15 bits per heavy atom. The second kappa shape index (κ2) is 7.15. The van der Waals surface area contributed by atoms with Gasteiger partial charge in [0.1, 0.15) is 5.82 Å². The molecule has 2 aliphatic heterocycles. The Bertz CT molecular complexity index is 821. The van der Waals surface area contributed by atoms with Gasteiger partial charge in [0.2, 0.25) is 5.88 Å². The highest BCUT2D eigenvalue weighted by Gasteiger charge is 2.36. The van der Waals surface area contributed by atoms with E-state index in [0.717, 1.165) is 42.5 Å². The third-order valence-electron chi connectivity index (χ3n) is 4.88. The van der Waals surface area contributed by atoms with E-state index in [1.165, 1.54) is 5.69 Å². The van der Waals surface area contributed by atoms with Crippen LogP contribution in [0.2, 0.25) is 0 Å². The lowest BCUT2D eigenvalue weighted by Gasteiger charge is -2.46. The van der Waals surface area contributed by atoms with Crippen LogP contribution in [0.5, 0.6) is 5.88 Å². The summed E-state index contributed by atoms with van der Waals surface area (Å²) in [6.45, 7) is 2.82. The van der Waals surface area contributed by atoms with Gasteiger partial charge in [0.05, 0.1) is 25.0 Å². The number of benzene rings is 1. The van der Waals surface area contributed by atoms with Gasteiger partial charge in [0.15, 0.2) is 5.17 Å². The molecule has 0 saturated carbocycles. The van der Waals surface area contributed by atoms with Gasteiger partial charge >= 0.3 is 0 Å². The minimum absolute atomic E-state index is 0.147. The van der Waals surface area contributed by atoms with E-state index in [0.29, 0.717) is 11.9 Å². The van der Waals surface area contributed by atoms with Crippen molar-refractivity contribution in [3.8, 4) is 5.88 Å². The number of thioether (sulfide) groups is 1. The van der Waals surface area contributed by atoms with Crippen molar-refractivity contribution >= 4 is 28.3 Å². The number of aromatic nitrogens is 1. The van der Waals surface area contributed by atoms with Crippen molar-refractivity contribution in [2.75, 3.05) is 37.9 Å². The first-order valence-corrected chi connectivity index (χ1v) is 9.83. The normalized spacial score (nSPS) is 17.3. The number of pyridine rings is 1. The number of nitrogens with zero attached hydrogens (tertiary/aromatic N) is 4. The number of halogens is 1. The van der Waals surface area contributed by atoms with Gasteiger partial charge in [-0.05, 0) is 42.5 Å². The van der Waals surface area contributed by atoms with Crippen LogP contribution in [0, 0.1) is 5.82 Å². The maximum absolute atomic E-state index is 13.4. The lowest BCUT2D eigenvalue weighted by atomic mass is 10.1. The fourth-order valence-corrected chi connectivity index (χ4v) is 4.10. The Kier molecular flexibility index (Phi) is 4.72. The van der Waals surface area contributed by atoms with Crippen LogP contribution in [0.4, 0.5) is 15.8 Å². The van der Waals surface area contributed by atoms with Crippen LogP contribution in [0.1, 0.15) is 5.56 Å². The van der Waals surface area contributed by atoms with Gasteiger partial charge in [-0.1, -0.05) is 11.8 Å². The molecule has 2 aromatic rings. The molecule has 0 atom stereocenters. The molecule has 1 saturated heterocycles. The minimum Gasteiger partial charge on any atom is -0.481 e. The van der Waals surface area contributed by atoms with Gasteiger partial charge < -0.3 is 14.5 Å². The molecular formula is C19H21FN4OS. The Balaban J connectivity index is 1.42. The Labute approximate surface area is 156 Å². The molecular weight excluding hydrogens is 351 g/mol. The van der Waals surface area contributed by atoms with E-state index in [9.17, 15) is 4.39 Å². The fourth-order valence-electron chi connectivity index (χ4n) is 3.50. The molecule has 0 bridgehead atoms. The van der Waals surface area contributed by atoms with Crippen molar-refractivity contribution in [1.29, 1.82) is 0 Å². The molecule has 5 nitrogen and oxygen atoms in total. The summed E-state index contributed by atoms with van der Waals surface area (Å²) in [7, 11) is 1.60. The van der Waals surface area contributed by atoms with E-state index < -0.39 is 0 Å². The van der Waals surface area contributed by atoms with Crippen molar-refractivity contribution < 1.29 is 9.13 Å². The molecule has 136 valence electrons. The van der Waals surface area contributed by atoms with E-state index in [4.69, 9.17) is 9.73 Å². The van der Waals surface area contributed by atoms with E-state index in [1.54, 1.807) is 37.2 Å². The summed E-state index contributed by atoms with van der Waals surface area (Å²) in [4.78, 5) is 13.6. The number of anilines is 1. The molecule has 0 N–H and O–H groups in total. The molecule has 0 unspecified atom stereocenters. The molecule has 26 heavy (non-hydrogen) atoms. The van der Waals surface area contributed by atoms with Crippen LogP contribution >= 0.6 is 11.8 Å². The second-order valence-electron chi connectivity index (χ2n) is 6.43. The monoisotopic (exact) mass is 372 g/mol. The van der Waals surface area contributed by atoms with Crippen molar-refractivity contribution in [2.24, 2.45) is 4.99 Å². The first kappa shape index (κ1) is 17.1. The number of rotatable bonds is 3. The quantitative estimate of drug-likeness (QED) is 0.611. The number of methoxy groups -OCH3 is 1. The van der Waals surface area contributed by atoms with Crippen LogP contribution in [0.3, 0.4) is 0 Å². The molecule has 0 radical (unpaired) electrons. The Hall–Kier alpha value is -2.28. The summed E-state index contributed by atoms with van der Waals surface area (Å²) in [5, 5.41) is 0.992. The first-order chi connectivity index (χ1) is 12.7. The summed E-state index contributed by atoms with van der Waals surface area (Å²) < 4.78 is 18.5. The molecule has 1 fully saturated rings. The third-order valence-corrected chi connectivity index (χ3v) is 5.60. The van der Waals surface area contributed by atoms with Gasteiger partial charge in [-0.3, -0.25) is 0 Å². The van der Waals surface area contributed by atoms with Gasteiger partial charge in [-0.25, -0.2) is 14.4 Å². The van der Waals surface area contributed by atoms with Crippen molar-refractivity contribution in [2.45, 2.75) is 12.5 Å². The molecule has 0 amide bonds. The minimum atomic E-state index is -0.147. The second-order valence-corrected chi connectivity index (χ2v) is 7.21. The van der Waals surface area contributed by atoms with Crippen LogP contribution in [0.25, 0.3) is 0 Å². The molecule has 1 aromatic carbocycles. The fraction of sp³-hybridized carbons (Fsp3) is 0.368. The number of likely N-dealkylation sites (tertiary alicyclic amines) is 1. The molecule has 0 aliphatic carbocycles. The predicted molar refractivity (Wildman–Crippen MR) is 104 cm³/mol. The molecule has 4 rings (SSSR count). The van der Waals surface area contributed by atoms with Gasteiger partial charge in [0.25, 0.3) is 0 Å². The number of aliphatic imine (C=N–C) groups is 1. The molecule has 1 aromatic heterocycles. The SMILES string of the molecule is COc1ccc(N=C(SC)N2CC(N3CCc4cc(F)ccc43)C2)cn1. The zero-order valence-electron chi connectivity index (χ0n) is 14.9. The molecule has 3 heterocycles. The summed E-state index contributed by atoms with van der Waals surface area (Å²) >= 11 is 1.64. The highest BCUT2D eigenvalue weighted by atomic mass is 32.2. The standard InChI is InChI=1S/C19H21FN4OS/c1-25-18-6-4-15(10-21-18)22-19(26-2)23-11-16(12-23)24-8-7-13-9-14(20)3-5-17(13)24/h3-6,9-10,16H,7-8,11-12H2,1-2H3. The van der Waals surface area contributed by atoms with Crippen molar-refractivity contribution in [3.05, 3.63) is 47.9 Å². The topological polar surface area (TPSA) is 41.0 Å². The largest absolute Gasteiger partial charge is 0.481 e. The maximum atomic E-state index is 13.4. The zero-order chi connectivity index (χ0) is 18.1. The number of ether oxygens (including phenoxy) is 1. The van der Waals surface area contributed by atoms with Gasteiger partial charge in [-0.15, -0.1) is 0 Å². The van der Waals surface area contributed by atoms with E-state index >= 15 is 0 Å². The van der Waals surface area contributed by atoms with Crippen LogP contribution in [-0.2, 0) is 6.42 Å². The Morgan fingerprint density at radius 1 is 1.31 bits per heavy atom. The molecule has 7 heteroatoms. The van der Waals surface area contributed by atoms with E-state index in [-0.39, 0.29) is 5.82 Å².